The van der Waals surface area contributed by atoms with Gasteiger partial charge in [0, 0.05) is 31.9 Å². The van der Waals surface area contributed by atoms with Gasteiger partial charge in [0.15, 0.2) is 6.10 Å². The van der Waals surface area contributed by atoms with Gasteiger partial charge in [0.05, 0.1) is 6.42 Å². The topological polar surface area (TPSA) is 49.9 Å². The van der Waals surface area contributed by atoms with Crippen LogP contribution < -0.4 is 4.90 Å². The molecule has 27 heavy (non-hydrogen) atoms. The van der Waals surface area contributed by atoms with Crippen molar-refractivity contribution in [2.75, 3.05) is 31.1 Å². The molecule has 1 atom stereocenters. The third-order valence-electron chi connectivity index (χ3n) is 4.84. The van der Waals surface area contributed by atoms with Gasteiger partial charge in [-0.15, -0.1) is 0 Å². The summed E-state index contributed by atoms with van der Waals surface area (Å²) in [6.07, 6.45) is -0.578. The number of benzene rings is 2. The molecule has 1 amide bonds. The SMILES string of the molecule is Cc1ccc(CC(=O)O[C@H](C)C(=O)N2CCN(c3ccccc3)CC2)cc1. The van der Waals surface area contributed by atoms with Crippen molar-refractivity contribution in [1.82, 2.24) is 4.90 Å². The van der Waals surface area contributed by atoms with E-state index in [9.17, 15) is 9.59 Å². The van der Waals surface area contributed by atoms with Gasteiger partial charge in [-0.3, -0.25) is 9.59 Å². The van der Waals surface area contributed by atoms with Gasteiger partial charge >= 0.3 is 5.97 Å². The summed E-state index contributed by atoms with van der Waals surface area (Å²) in [5, 5.41) is 0. The molecule has 5 heteroatoms. The predicted molar refractivity (Wildman–Crippen MR) is 106 cm³/mol. The van der Waals surface area contributed by atoms with Crippen molar-refractivity contribution in [3.05, 3.63) is 65.7 Å². The number of nitrogens with zero attached hydrogens (tertiary/aromatic N) is 2. The summed E-state index contributed by atoms with van der Waals surface area (Å²) in [5.74, 6) is -0.498. The molecule has 1 aliphatic rings. The van der Waals surface area contributed by atoms with Crippen LogP contribution in [0.5, 0.6) is 0 Å². The summed E-state index contributed by atoms with van der Waals surface area (Å²) in [7, 11) is 0. The highest BCUT2D eigenvalue weighted by molar-refractivity contribution is 5.84. The van der Waals surface area contributed by atoms with E-state index in [1.807, 2.05) is 49.4 Å². The number of anilines is 1. The van der Waals surface area contributed by atoms with Crippen LogP contribution in [0.4, 0.5) is 5.69 Å². The van der Waals surface area contributed by atoms with Gasteiger partial charge in [0.2, 0.25) is 0 Å². The van der Waals surface area contributed by atoms with E-state index in [0.29, 0.717) is 13.1 Å². The zero-order valence-electron chi connectivity index (χ0n) is 15.9. The number of piperazine rings is 1. The molecular weight excluding hydrogens is 340 g/mol. The number of carbonyl (C=O) groups is 2. The molecule has 0 aliphatic carbocycles. The molecule has 0 aromatic heterocycles. The van der Waals surface area contributed by atoms with Crippen molar-refractivity contribution in [2.45, 2.75) is 26.4 Å². The first-order valence-electron chi connectivity index (χ1n) is 9.37. The first-order valence-corrected chi connectivity index (χ1v) is 9.37. The van der Waals surface area contributed by atoms with E-state index in [2.05, 4.69) is 17.0 Å². The maximum atomic E-state index is 12.6. The van der Waals surface area contributed by atoms with Gasteiger partial charge in [-0.25, -0.2) is 0 Å². The third-order valence-corrected chi connectivity index (χ3v) is 4.84. The molecule has 1 saturated heterocycles. The molecule has 0 radical (unpaired) electrons. The van der Waals surface area contributed by atoms with Crippen LogP contribution in [0.15, 0.2) is 54.6 Å². The lowest BCUT2D eigenvalue weighted by Crippen LogP contribution is -2.51. The molecule has 3 rings (SSSR count). The summed E-state index contributed by atoms with van der Waals surface area (Å²) in [4.78, 5) is 28.8. The minimum absolute atomic E-state index is 0.125. The Morgan fingerprint density at radius 3 is 2.22 bits per heavy atom. The predicted octanol–water partition coefficient (Wildman–Crippen LogP) is 2.82. The molecule has 1 heterocycles. The Balaban J connectivity index is 1.47. The zero-order valence-corrected chi connectivity index (χ0v) is 15.9. The van der Waals surface area contributed by atoms with Gasteiger partial charge < -0.3 is 14.5 Å². The summed E-state index contributed by atoms with van der Waals surface area (Å²) < 4.78 is 5.37. The maximum Gasteiger partial charge on any atom is 0.311 e. The third kappa shape index (κ3) is 5.09. The Morgan fingerprint density at radius 2 is 1.59 bits per heavy atom. The fourth-order valence-electron chi connectivity index (χ4n) is 3.24. The number of esters is 1. The van der Waals surface area contributed by atoms with Gasteiger partial charge in [-0.05, 0) is 31.5 Å². The molecule has 0 saturated carbocycles. The van der Waals surface area contributed by atoms with E-state index >= 15 is 0 Å². The highest BCUT2D eigenvalue weighted by atomic mass is 16.5. The minimum Gasteiger partial charge on any atom is -0.452 e. The second-order valence-corrected chi connectivity index (χ2v) is 6.94. The van der Waals surface area contributed by atoms with E-state index in [1.54, 1.807) is 11.8 Å². The standard InChI is InChI=1S/C22H26N2O3/c1-17-8-10-19(11-9-17)16-21(25)27-18(2)22(26)24-14-12-23(13-15-24)20-6-4-3-5-7-20/h3-11,18H,12-16H2,1-2H3/t18-/m1/s1. The highest BCUT2D eigenvalue weighted by Crippen LogP contribution is 2.16. The van der Waals surface area contributed by atoms with Crippen molar-refractivity contribution in [1.29, 1.82) is 0 Å². The number of ether oxygens (including phenoxy) is 1. The first-order chi connectivity index (χ1) is 13.0. The van der Waals surface area contributed by atoms with Gasteiger partial charge in [0.1, 0.15) is 0 Å². The Bertz CT molecular complexity index is 766. The van der Waals surface area contributed by atoms with Crippen LogP contribution in [0.1, 0.15) is 18.1 Å². The van der Waals surface area contributed by atoms with Gasteiger partial charge in [-0.1, -0.05) is 48.0 Å². The Hall–Kier alpha value is -2.82. The molecule has 0 bridgehead atoms. The van der Waals surface area contributed by atoms with Crippen molar-refractivity contribution < 1.29 is 14.3 Å². The van der Waals surface area contributed by atoms with E-state index in [-0.39, 0.29) is 18.3 Å². The molecule has 2 aromatic rings. The number of carbonyl (C=O) groups excluding carboxylic acids is 2. The number of rotatable bonds is 5. The summed E-state index contributed by atoms with van der Waals surface area (Å²) in [6, 6.07) is 17.9. The summed E-state index contributed by atoms with van der Waals surface area (Å²) in [5.41, 5.74) is 3.20. The average Bonchev–Trinajstić information content (AvgIpc) is 2.70. The Kier molecular flexibility index (Phi) is 6.12. The largest absolute Gasteiger partial charge is 0.452 e. The van der Waals surface area contributed by atoms with E-state index in [0.717, 1.165) is 24.2 Å². The number of para-hydroxylation sites is 1. The summed E-state index contributed by atoms with van der Waals surface area (Å²) in [6.45, 7) is 6.47. The molecule has 2 aromatic carbocycles. The Labute approximate surface area is 160 Å². The van der Waals surface area contributed by atoms with Crippen LogP contribution in [0.25, 0.3) is 0 Å². The highest BCUT2D eigenvalue weighted by Gasteiger charge is 2.27. The smallest absolute Gasteiger partial charge is 0.311 e. The van der Waals surface area contributed by atoms with Crippen molar-refractivity contribution in [3.8, 4) is 0 Å². The second kappa shape index (κ2) is 8.71. The molecule has 5 nitrogen and oxygen atoms in total. The molecule has 0 unspecified atom stereocenters. The lowest BCUT2D eigenvalue weighted by Gasteiger charge is -2.37. The molecule has 0 N–H and O–H groups in total. The van der Waals surface area contributed by atoms with Gasteiger partial charge in [-0.2, -0.15) is 0 Å². The quantitative estimate of drug-likeness (QED) is 0.764. The lowest BCUT2D eigenvalue weighted by molar-refractivity contribution is -0.158. The number of aryl methyl sites for hydroxylation is 1. The van der Waals surface area contributed by atoms with E-state index in [1.165, 1.54) is 5.69 Å². The van der Waals surface area contributed by atoms with Crippen LogP contribution in [0.2, 0.25) is 0 Å². The minimum atomic E-state index is -0.758. The lowest BCUT2D eigenvalue weighted by atomic mass is 10.1. The monoisotopic (exact) mass is 366 g/mol. The first kappa shape index (κ1) is 19.0. The van der Waals surface area contributed by atoms with Crippen LogP contribution in [-0.4, -0.2) is 49.1 Å². The molecular formula is C22H26N2O3. The summed E-state index contributed by atoms with van der Waals surface area (Å²) >= 11 is 0. The van der Waals surface area contributed by atoms with E-state index in [4.69, 9.17) is 4.74 Å². The van der Waals surface area contributed by atoms with Crippen LogP contribution >= 0.6 is 0 Å². The average molecular weight is 366 g/mol. The van der Waals surface area contributed by atoms with E-state index < -0.39 is 6.10 Å². The zero-order chi connectivity index (χ0) is 19.2. The number of hydrogen-bond donors (Lipinski definition) is 0. The van der Waals surface area contributed by atoms with Crippen molar-refractivity contribution in [2.24, 2.45) is 0 Å². The second-order valence-electron chi connectivity index (χ2n) is 6.94. The van der Waals surface area contributed by atoms with Crippen LogP contribution in [0, 0.1) is 6.92 Å². The van der Waals surface area contributed by atoms with Crippen molar-refractivity contribution >= 4 is 17.6 Å². The fraction of sp³-hybridized carbons (Fsp3) is 0.364. The number of hydrogen-bond acceptors (Lipinski definition) is 4. The van der Waals surface area contributed by atoms with Crippen molar-refractivity contribution in [3.63, 3.8) is 0 Å². The molecule has 1 fully saturated rings. The molecule has 0 spiro atoms. The van der Waals surface area contributed by atoms with Crippen LogP contribution in [0.3, 0.4) is 0 Å². The molecule has 1 aliphatic heterocycles. The maximum absolute atomic E-state index is 12.6. The fourth-order valence-corrected chi connectivity index (χ4v) is 3.24. The van der Waals surface area contributed by atoms with Gasteiger partial charge in [0.25, 0.3) is 5.91 Å². The number of amides is 1. The molecule has 142 valence electrons. The van der Waals surface area contributed by atoms with Crippen LogP contribution in [-0.2, 0) is 20.7 Å². The normalized spacial score (nSPS) is 15.3. The Morgan fingerprint density at radius 1 is 0.963 bits per heavy atom.